The van der Waals surface area contributed by atoms with Crippen LogP contribution >= 0.6 is 23.2 Å². The molecule has 5 fully saturated rings. The van der Waals surface area contributed by atoms with E-state index in [4.69, 9.17) is 52.1 Å². The van der Waals surface area contributed by atoms with E-state index in [1.165, 1.54) is 51.4 Å². The molecule has 0 radical (unpaired) electrons. The molecule has 5 saturated carbocycles. The quantitative estimate of drug-likeness (QED) is 0.0525. The summed E-state index contributed by atoms with van der Waals surface area (Å²) in [7, 11) is 0. The van der Waals surface area contributed by atoms with Crippen LogP contribution in [-0.4, -0.2) is 84.8 Å². The summed E-state index contributed by atoms with van der Waals surface area (Å²) in [6, 6.07) is 0.801. The third kappa shape index (κ3) is 15.8. The largest absolute Gasteiger partial charge is 0.460 e. The molecule has 0 aromatic rings. The minimum Gasteiger partial charge on any atom is -0.460 e. The number of ether oxygens (including phenoxy) is 4. The summed E-state index contributed by atoms with van der Waals surface area (Å²) in [4.78, 5) is 36.6. The lowest BCUT2D eigenvalue weighted by atomic mass is 9.82. The van der Waals surface area contributed by atoms with Crippen LogP contribution in [0.15, 0.2) is 9.98 Å². The normalized spacial score (nSPS) is 35.8. The molecule has 0 amide bonds. The Morgan fingerprint density at radius 3 is 1.29 bits per heavy atom. The first kappa shape index (κ1) is 45.9. The van der Waals surface area contributed by atoms with Gasteiger partial charge in [0.15, 0.2) is 0 Å². The molecule has 5 rings (SSSR count). The molecule has 10 heteroatoms. The molecule has 0 bridgehead atoms. The van der Waals surface area contributed by atoms with Crippen molar-refractivity contribution < 1.29 is 28.5 Å². The fraction of sp³-hybridized carbons (Fsp3) is 0.913. The molecule has 4 unspecified atom stereocenters. The average molecular weight is 824 g/mol. The molecule has 5 aliphatic rings. The number of unbranched alkanes of at least 4 members (excludes halogenated alkanes) is 6. The summed E-state index contributed by atoms with van der Waals surface area (Å²) in [5, 5.41) is -0.788. The highest BCUT2D eigenvalue weighted by Gasteiger charge is 2.42. The average Bonchev–Trinajstić information content (AvgIpc) is 3.22. The van der Waals surface area contributed by atoms with E-state index in [2.05, 4.69) is 26.3 Å². The van der Waals surface area contributed by atoms with Gasteiger partial charge in [-0.2, -0.15) is 0 Å². The van der Waals surface area contributed by atoms with E-state index in [1.54, 1.807) is 0 Å². The molecule has 5 aliphatic carbocycles. The monoisotopic (exact) mass is 823 g/mol. The molecule has 0 spiro atoms. The van der Waals surface area contributed by atoms with E-state index < -0.39 is 23.0 Å². The number of halogens is 2. The van der Waals surface area contributed by atoms with Crippen LogP contribution in [0, 0.1) is 23.7 Å². The van der Waals surface area contributed by atoms with Gasteiger partial charge in [-0.1, -0.05) is 52.4 Å². The van der Waals surface area contributed by atoms with Crippen LogP contribution in [-0.2, 0) is 28.5 Å². The molecule has 0 aromatic carbocycles. The lowest BCUT2D eigenvalue weighted by Crippen LogP contribution is -2.46. The van der Waals surface area contributed by atoms with Gasteiger partial charge in [0, 0.05) is 44.1 Å². The van der Waals surface area contributed by atoms with Crippen LogP contribution in [0.3, 0.4) is 0 Å². The first-order valence-corrected chi connectivity index (χ1v) is 24.2. The number of carbonyl (C=O) groups is 2. The molecule has 0 heterocycles. The van der Waals surface area contributed by atoms with Crippen molar-refractivity contribution in [3.8, 4) is 0 Å². The van der Waals surface area contributed by atoms with Crippen LogP contribution in [0.4, 0.5) is 0 Å². The predicted molar refractivity (Wildman–Crippen MR) is 228 cm³/mol. The van der Waals surface area contributed by atoms with Gasteiger partial charge in [0.05, 0.1) is 34.8 Å². The minimum absolute atomic E-state index is 0.129. The SMILES string of the molecule is CCCCCCOC1CCC(N=CC2CCC(C(=O)OC3CC(OC(=O)C4CCC(C=NC5CCC(OCCCCCC)CC5)CC4)C(Cl)CC3Cl)CC2)CC1. The second-order valence-electron chi connectivity index (χ2n) is 18.0. The smallest absolute Gasteiger partial charge is 0.309 e. The zero-order chi connectivity index (χ0) is 39.5. The predicted octanol–water partition coefficient (Wildman–Crippen LogP) is 11.4. The number of hydrogen-bond donors (Lipinski definition) is 0. The number of esters is 2. The maximum Gasteiger partial charge on any atom is 0.309 e. The Bertz CT molecular complexity index is 1080. The van der Waals surface area contributed by atoms with Crippen molar-refractivity contribution in [2.45, 2.75) is 228 Å². The number of carbonyl (C=O) groups excluding carboxylic acids is 2. The molecular formula is C46H76Cl2N2O6. The second-order valence-corrected chi connectivity index (χ2v) is 19.1. The lowest BCUT2D eigenvalue weighted by Gasteiger charge is -2.37. The van der Waals surface area contributed by atoms with Crippen molar-refractivity contribution in [1.82, 2.24) is 0 Å². The Morgan fingerprint density at radius 1 is 0.518 bits per heavy atom. The third-order valence-electron chi connectivity index (χ3n) is 13.5. The minimum atomic E-state index is -0.508. The van der Waals surface area contributed by atoms with Gasteiger partial charge in [0.1, 0.15) is 12.2 Å². The number of hydrogen-bond acceptors (Lipinski definition) is 8. The van der Waals surface area contributed by atoms with Crippen molar-refractivity contribution in [3.05, 3.63) is 0 Å². The van der Waals surface area contributed by atoms with Gasteiger partial charge in [0.2, 0.25) is 0 Å². The highest BCUT2D eigenvalue weighted by Crippen LogP contribution is 2.37. The third-order valence-corrected chi connectivity index (χ3v) is 14.4. The number of nitrogens with zero attached hydrogens (tertiary/aromatic N) is 2. The van der Waals surface area contributed by atoms with Gasteiger partial charge in [0.25, 0.3) is 0 Å². The topological polar surface area (TPSA) is 95.8 Å². The van der Waals surface area contributed by atoms with Crippen molar-refractivity contribution in [3.63, 3.8) is 0 Å². The molecule has 320 valence electrons. The van der Waals surface area contributed by atoms with E-state index in [0.29, 0.717) is 49.0 Å². The van der Waals surface area contributed by atoms with Crippen LogP contribution in [0.5, 0.6) is 0 Å². The molecule has 0 saturated heterocycles. The molecular weight excluding hydrogens is 747 g/mol. The van der Waals surface area contributed by atoms with E-state index in [1.807, 2.05) is 0 Å². The van der Waals surface area contributed by atoms with E-state index >= 15 is 0 Å². The van der Waals surface area contributed by atoms with Gasteiger partial charge in [-0.3, -0.25) is 19.6 Å². The summed E-state index contributed by atoms with van der Waals surface area (Å²) >= 11 is 13.4. The summed E-state index contributed by atoms with van der Waals surface area (Å²) in [6.45, 7) is 6.27. The standard InChI is InChI=1S/C46H76Cl2N2O6/c1-3-5-7-9-27-53-39-23-19-37(20-24-39)49-31-33-11-15-35(16-12-33)45(51)55-43-30-44(42(48)29-41(43)47)56-46(52)36-17-13-34(14-18-36)32-50-38-21-25-40(26-22-38)54-28-10-8-6-4-2/h31-44H,3-30H2,1-2H3. The second kappa shape index (κ2) is 25.4. The maximum absolute atomic E-state index is 13.3. The van der Waals surface area contributed by atoms with Crippen molar-refractivity contribution >= 4 is 47.6 Å². The van der Waals surface area contributed by atoms with Gasteiger partial charge < -0.3 is 18.9 Å². The van der Waals surface area contributed by atoms with Crippen LogP contribution in [0.2, 0.25) is 0 Å². The summed E-state index contributed by atoms with van der Waals surface area (Å²) in [5.41, 5.74) is 0. The van der Waals surface area contributed by atoms with E-state index in [0.717, 1.165) is 116 Å². The maximum atomic E-state index is 13.3. The Labute approximate surface area is 349 Å². The summed E-state index contributed by atoms with van der Waals surface area (Å²) in [5.74, 6) is 0.218. The fourth-order valence-electron chi connectivity index (χ4n) is 9.55. The number of alkyl halides is 2. The van der Waals surface area contributed by atoms with Crippen molar-refractivity contribution in [1.29, 1.82) is 0 Å². The highest BCUT2D eigenvalue weighted by atomic mass is 35.5. The summed E-state index contributed by atoms with van der Waals surface area (Å²) in [6.07, 6.45) is 30.7. The Hall–Kier alpha value is -1.22. The van der Waals surface area contributed by atoms with Crippen molar-refractivity contribution in [2.75, 3.05) is 13.2 Å². The Balaban J connectivity index is 0.943. The first-order valence-electron chi connectivity index (χ1n) is 23.3. The van der Waals surface area contributed by atoms with E-state index in [9.17, 15) is 9.59 Å². The molecule has 0 aliphatic heterocycles. The molecule has 4 atom stereocenters. The zero-order valence-electron chi connectivity index (χ0n) is 35.0. The molecule has 0 N–H and O–H groups in total. The van der Waals surface area contributed by atoms with Gasteiger partial charge in [-0.05, 0) is 134 Å². The summed E-state index contributed by atoms with van der Waals surface area (Å²) < 4.78 is 24.3. The number of aliphatic imine (C=N–C) groups is 2. The zero-order valence-corrected chi connectivity index (χ0v) is 36.5. The van der Waals surface area contributed by atoms with Gasteiger partial charge >= 0.3 is 11.9 Å². The number of rotatable bonds is 20. The van der Waals surface area contributed by atoms with Crippen LogP contribution in [0.1, 0.15) is 181 Å². The molecule has 8 nitrogen and oxygen atoms in total. The Morgan fingerprint density at radius 2 is 0.911 bits per heavy atom. The molecule has 0 aromatic heterocycles. The van der Waals surface area contributed by atoms with Gasteiger partial charge in [-0.25, -0.2) is 0 Å². The fourth-order valence-corrected chi connectivity index (χ4v) is 10.3. The van der Waals surface area contributed by atoms with Crippen LogP contribution < -0.4 is 0 Å². The first-order chi connectivity index (χ1) is 27.3. The van der Waals surface area contributed by atoms with E-state index in [-0.39, 0.29) is 23.8 Å². The van der Waals surface area contributed by atoms with Crippen LogP contribution in [0.25, 0.3) is 0 Å². The Kier molecular flexibility index (Phi) is 20.8. The van der Waals surface area contributed by atoms with Crippen molar-refractivity contribution in [2.24, 2.45) is 33.7 Å². The molecule has 56 heavy (non-hydrogen) atoms. The highest BCUT2D eigenvalue weighted by molar-refractivity contribution is 6.24. The van der Waals surface area contributed by atoms with Gasteiger partial charge in [-0.15, -0.1) is 23.2 Å². The lowest BCUT2D eigenvalue weighted by molar-refractivity contribution is -0.164.